The van der Waals surface area contributed by atoms with Crippen LogP contribution in [0.1, 0.15) is 35.8 Å². The van der Waals surface area contributed by atoms with Crippen molar-refractivity contribution < 1.29 is 14.6 Å². The molecule has 0 spiro atoms. The number of nitrogens with zero attached hydrogens (tertiary/aromatic N) is 3. The number of anilines is 1. The molecule has 1 atom stereocenters. The van der Waals surface area contributed by atoms with Crippen LogP contribution in [0.5, 0.6) is 5.75 Å². The molecule has 3 rings (SSSR count). The van der Waals surface area contributed by atoms with E-state index in [0.717, 1.165) is 48.3 Å². The van der Waals surface area contributed by atoms with Crippen LogP contribution in [-0.2, 0) is 11.3 Å². The van der Waals surface area contributed by atoms with Crippen molar-refractivity contribution in [2.24, 2.45) is 0 Å². The van der Waals surface area contributed by atoms with Gasteiger partial charge >= 0.3 is 0 Å². The Bertz CT molecular complexity index is 717. The van der Waals surface area contributed by atoms with Gasteiger partial charge in [0.25, 0.3) is 0 Å². The summed E-state index contributed by atoms with van der Waals surface area (Å²) in [6.07, 6.45) is 1.68. The number of rotatable bonds is 8. The molecule has 6 nitrogen and oxygen atoms in total. The van der Waals surface area contributed by atoms with Crippen LogP contribution in [0.2, 0.25) is 0 Å². The van der Waals surface area contributed by atoms with Gasteiger partial charge in [0.1, 0.15) is 17.4 Å². The first-order chi connectivity index (χ1) is 12.7. The highest BCUT2D eigenvalue weighted by atomic mass is 16.5. The molecule has 0 aliphatic carbocycles. The van der Waals surface area contributed by atoms with E-state index >= 15 is 0 Å². The summed E-state index contributed by atoms with van der Waals surface area (Å²) in [4.78, 5) is 11.5. The van der Waals surface area contributed by atoms with Crippen LogP contribution in [0.15, 0.2) is 30.3 Å². The van der Waals surface area contributed by atoms with Gasteiger partial charge in [-0.3, -0.25) is 0 Å². The van der Waals surface area contributed by atoms with Crippen LogP contribution < -0.4 is 9.64 Å². The van der Waals surface area contributed by atoms with Crippen molar-refractivity contribution in [3.05, 3.63) is 47.4 Å². The Balaban J connectivity index is 1.89. The number of aromatic nitrogens is 2. The third-order valence-electron chi connectivity index (χ3n) is 4.66. The number of aliphatic hydroxyl groups is 1. The lowest BCUT2D eigenvalue weighted by atomic mass is 10.0. The molecule has 0 radical (unpaired) electrons. The van der Waals surface area contributed by atoms with Crippen LogP contribution in [-0.4, -0.2) is 48.5 Å². The van der Waals surface area contributed by atoms with Crippen LogP contribution in [0.3, 0.4) is 0 Å². The molecular formula is C20H27N3O3. The van der Waals surface area contributed by atoms with Gasteiger partial charge in [-0.2, -0.15) is 0 Å². The number of benzene rings is 1. The minimum atomic E-state index is 0.149. The predicted octanol–water partition coefficient (Wildman–Crippen LogP) is 2.69. The molecule has 1 saturated heterocycles. The standard InChI is InChI=1S/C20H27N3O3/c1-15-21-18(17-8-11-26-14-17)12-20(22-15)23(9-5-10-24)13-16-6-3-4-7-19(16)25-2/h3-4,6-7,12,17,24H,5,8-11,13-14H2,1-2H3/t17-/m1/s1. The highest BCUT2D eigenvalue weighted by Crippen LogP contribution is 2.28. The van der Waals surface area contributed by atoms with Gasteiger partial charge < -0.3 is 19.5 Å². The van der Waals surface area contributed by atoms with Crippen LogP contribution in [0.25, 0.3) is 0 Å². The summed E-state index contributed by atoms with van der Waals surface area (Å²) in [5.74, 6) is 2.84. The first-order valence-electron chi connectivity index (χ1n) is 9.12. The number of aliphatic hydroxyl groups excluding tert-OH is 1. The fourth-order valence-corrected chi connectivity index (χ4v) is 3.29. The molecule has 1 aliphatic heterocycles. The molecule has 0 amide bonds. The number of aryl methyl sites for hydroxylation is 1. The lowest BCUT2D eigenvalue weighted by molar-refractivity contribution is 0.193. The number of para-hydroxylation sites is 1. The zero-order chi connectivity index (χ0) is 18.4. The molecule has 2 heterocycles. The van der Waals surface area contributed by atoms with E-state index < -0.39 is 0 Å². The van der Waals surface area contributed by atoms with Crippen LogP contribution in [0.4, 0.5) is 5.82 Å². The first-order valence-corrected chi connectivity index (χ1v) is 9.12. The van der Waals surface area contributed by atoms with Crippen molar-refractivity contribution in [3.8, 4) is 5.75 Å². The Kier molecular flexibility index (Phi) is 6.41. The van der Waals surface area contributed by atoms with Crippen LogP contribution in [0, 0.1) is 6.92 Å². The van der Waals surface area contributed by atoms with Crippen molar-refractivity contribution in [1.82, 2.24) is 9.97 Å². The molecule has 1 aromatic carbocycles. The average Bonchev–Trinajstić information content (AvgIpc) is 3.19. The Morgan fingerprint density at radius 3 is 2.88 bits per heavy atom. The number of hydrogen-bond acceptors (Lipinski definition) is 6. The maximum atomic E-state index is 9.31. The van der Waals surface area contributed by atoms with Gasteiger partial charge in [0, 0.05) is 43.9 Å². The second-order valence-electron chi connectivity index (χ2n) is 6.57. The molecular weight excluding hydrogens is 330 g/mol. The molecule has 140 valence electrons. The van der Waals surface area contributed by atoms with Gasteiger partial charge in [0.15, 0.2) is 0 Å². The Morgan fingerprint density at radius 1 is 1.31 bits per heavy atom. The van der Waals surface area contributed by atoms with Crippen LogP contribution >= 0.6 is 0 Å². The molecule has 1 aliphatic rings. The highest BCUT2D eigenvalue weighted by Gasteiger charge is 2.21. The maximum absolute atomic E-state index is 9.31. The molecule has 0 unspecified atom stereocenters. The van der Waals surface area contributed by atoms with Crippen molar-refractivity contribution in [2.75, 3.05) is 38.4 Å². The second kappa shape index (κ2) is 8.96. The van der Waals surface area contributed by atoms with Gasteiger partial charge in [-0.15, -0.1) is 0 Å². The Hall–Kier alpha value is -2.18. The molecule has 2 aromatic rings. The zero-order valence-corrected chi connectivity index (χ0v) is 15.5. The van der Waals surface area contributed by atoms with E-state index in [0.29, 0.717) is 25.4 Å². The van der Waals surface area contributed by atoms with Gasteiger partial charge in [-0.25, -0.2) is 9.97 Å². The van der Waals surface area contributed by atoms with Gasteiger partial charge in [-0.1, -0.05) is 18.2 Å². The zero-order valence-electron chi connectivity index (χ0n) is 15.5. The fraction of sp³-hybridized carbons (Fsp3) is 0.500. The number of ether oxygens (including phenoxy) is 2. The van der Waals surface area contributed by atoms with Gasteiger partial charge in [0.2, 0.25) is 0 Å². The SMILES string of the molecule is COc1ccccc1CN(CCCO)c1cc([C@@H]2CCOC2)nc(C)n1. The second-order valence-corrected chi connectivity index (χ2v) is 6.57. The molecule has 26 heavy (non-hydrogen) atoms. The summed E-state index contributed by atoms with van der Waals surface area (Å²) >= 11 is 0. The van der Waals surface area contributed by atoms with Gasteiger partial charge in [0.05, 0.1) is 19.4 Å². The maximum Gasteiger partial charge on any atom is 0.132 e. The number of hydrogen-bond donors (Lipinski definition) is 1. The highest BCUT2D eigenvalue weighted by molar-refractivity contribution is 5.44. The summed E-state index contributed by atoms with van der Waals surface area (Å²) in [5.41, 5.74) is 2.13. The predicted molar refractivity (Wildman–Crippen MR) is 101 cm³/mol. The van der Waals surface area contributed by atoms with Gasteiger partial charge in [-0.05, 0) is 25.8 Å². The summed E-state index contributed by atoms with van der Waals surface area (Å²) in [7, 11) is 1.68. The topological polar surface area (TPSA) is 67.7 Å². The van der Waals surface area contributed by atoms with E-state index in [4.69, 9.17) is 9.47 Å². The van der Waals surface area contributed by atoms with E-state index in [1.54, 1.807) is 7.11 Å². The van der Waals surface area contributed by atoms with Crippen molar-refractivity contribution in [3.63, 3.8) is 0 Å². The van der Waals surface area contributed by atoms with E-state index in [1.807, 2.05) is 25.1 Å². The summed E-state index contributed by atoms with van der Waals surface area (Å²) in [5, 5.41) is 9.31. The van der Waals surface area contributed by atoms with E-state index in [-0.39, 0.29) is 6.61 Å². The average molecular weight is 357 g/mol. The van der Waals surface area contributed by atoms with Crippen molar-refractivity contribution in [2.45, 2.75) is 32.2 Å². The Labute approximate surface area is 154 Å². The summed E-state index contributed by atoms with van der Waals surface area (Å²) in [6, 6.07) is 10.1. The number of methoxy groups -OCH3 is 1. The molecule has 0 bridgehead atoms. The largest absolute Gasteiger partial charge is 0.496 e. The monoisotopic (exact) mass is 357 g/mol. The van der Waals surface area contributed by atoms with E-state index in [9.17, 15) is 5.11 Å². The van der Waals surface area contributed by atoms with Crippen molar-refractivity contribution in [1.29, 1.82) is 0 Å². The minimum Gasteiger partial charge on any atom is -0.496 e. The molecule has 0 saturated carbocycles. The lowest BCUT2D eigenvalue weighted by Gasteiger charge is -2.25. The minimum absolute atomic E-state index is 0.149. The third-order valence-corrected chi connectivity index (χ3v) is 4.66. The first kappa shape index (κ1) is 18.6. The molecule has 1 fully saturated rings. The summed E-state index contributed by atoms with van der Waals surface area (Å²) in [6.45, 7) is 4.97. The molecule has 1 aromatic heterocycles. The smallest absolute Gasteiger partial charge is 0.132 e. The van der Waals surface area contributed by atoms with Crippen molar-refractivity contribution >= 4 is 5.82 Å². The normalized spacial score (nSPS) is 16.7. The third kappa shape index (κ3) is 4.51. The fourth-order valence-electron chi connectivity index (χ4n) is 3.29. The molecule has 1 N–H and O–H groups in total. The Morgan fingerprint density at radius 2 is 2.15 bits per heavy atom. The van der Waals surface area contributed by atoms with E-state index in [1.165, 1.54) is 0 Å². The van der Waals surface area contributed by atoms with E-state index in [2.05, 4.69) is 27.0 Å². The summed E-state index contributed by atoms with van der Waals surface area (Å²) < 4.78 is 11.0. The quantitative estimate of drug-likeness (QED) is 0.783. The lowest BCUT2D eigenvalue weighted by Crippen LogP contribution is -2.26. The molecule has 6 heteroatoms.